The summed E-state index contributed by atoms with van der Waals surface area (Å²) in [6.45, 7) is 5.99. The fourth-order valence-electron chi connectivity index (χ4n) is 1.64. The van der Waals surface area contributed by atoms with E-state index in [1.807, 2.05) is 7.05 Å². The summed E-state index contributed by atoms with van der Waals surface area (Å²) in [5.74, 6) is 0. The Kier molecular flexibility index (Phi) is 3.67. The second-order valence-electron chi connectivity index (χ2n) is 3.85. The zero-order valence-corrected chi connectivity index (χ0v) is 9.33. The van der Waals surface area contributed by atoms with E-state index in [2.05, 4.69) is 37.4 Å². The maximum Gasteiger partial charge on any atom is 0.0706 e. The van der Waals surface area contributed by atoms with Crippen molar-refractivity contribution in [1.29, 1.82) is 0 Å². The van der Waals surface area contributed by atoms with Gasteiger partial charge in [0.05, 0.1) is 12.1 Å². The standard InChI is InChI=1S/C12H19NO/c1-8-5-6-11(7-9(8)2)12(13-4)10(3)14/h5-7,10,12-14H,1-4H3. The van der Waals surface area contributed by atoms with Crippen LogP contribution in [0, 0.1) is 13.8 Å². The second kappa shape index (κ2) is 4.58. The Morgan fingerprint density at radius 3 is 2.29 bits per heavy atom. The summed E-state index contributed by atoms with van der Waals surface area (Å²) in [6.07, 6.45) is -0.373. The zero-order valence-electron chi connectivity index (χ0n) is 9.33. The van der Waals surface area contributed by atoms with E-state index in [0.29, 0.717) is 0 Å². The summed E-state index contributed by atoms with van der Waals surface area (Å²) in [6, 6.07) is 6.31. The predicted octanol–water partition coefficient (Wildman–Crippen LogP) is 1.94. The molecule has 0 saturated carbocycles. The third-order valence-corrected chi connectivity index (χ3v) is 2.68. The third-order valence-electron chi connectivity index (χ3n) is 2.68. The maximum atomic E-state index is 9.56. The van der Waals surface area contributed by atoms with Gasteiger partial charge in [-0.1, -0.05) is 18.2 Å². The van der Waals surface area contributed by atoms with Crippen LogP contribution in [0.5, 0.6) is 0 Å². The molecule has 0 aliphatic heterocycles. The fourth-order valence-corrected chi connectivity index (χ4v) is 1.64. The van der Waals surface area contributed by atoms with Crippen molar-refractivity contribution in [2.24, 2.45) is 0 Å². The largest absolute Gasteiger partial charge is 0.391 e. The molecule has 2 N–H and O–H groups in total. The number of nitrogens with one attached hydrogen (secondary N) is 1. The molecule has 2 unspecified atom stereocenters. The van der Waals surface area contributed by atoms with Gasteiger partial charge in [-0.3, -0.25) is 0 Å². The van der Waals surface area contributed by atoms with E-state index in [4.69, 9.17) is 0 Å². The average Bonchev–Trinajstić information content (AvgIpc) is 2.11. The minimum absolute atomic E-state index is 0.0225. The van der Waals surface area contributed by atoms with Crippen molar-refractivity contribution in [2.75, 3.05) is 7.05 Å². The Labute approximate surface area is 86.0 Å². The number of likely N-dealkylation sites (N-methyl/N-ethyl adjacent to an activating group) is 1. The molecule has 0 aliphatic rings. The van der Waals surface area contributed by atoms with Crippen LogP contribution in [0.15, 0.2) is 18.2 Å². The van der Waals surface area contributed by atoms with Crippen molar-refractivity contribution in [3.8, 4) is 0 Å². The Bertz CT molecular complexity index is 307. The van der Waals surface area contributed by atoms with Crippen LogP contribution in [0.3, 0.4) is 0 Å². The zero-order chi connectivity index (χ0) is 10.7. The summed E-state index contributed by atoms with van der Waals surface area (Å²) in [7, 11) is 1.87. The van der Waals surface area contributed by atoms with Crippen molar-refractivity contribution in [3.05, 3.63) is 34.9 Å². The van der Waals surface area contributed by atoms with Crippen LogP contribution in [0.25, 0.3) is 0 Å². The highest BCUT2D eigenvalue weighted by atomic mass is 16.3. The molecule has 1 aromatic carbocycles. The number of aryl methyl sites for hydroxylation is 2. The lowest BCUT2D eigenvalue weighted by Gasteiger charge is -2.20. The van der Waals surface area contributed by atoms with Gasteiger partial charge in [-0.15, -0.1) is 0 Å². The van der Waals surface area contributed by atoms with E-state index < -0.39 is 0 Å². The molecular weight excluding hydrogens is 174 g/mol. The highest BCUT2D eigenvalue weighted by molar-refractivity contribution is 5.32. The molecule has 1 aromatic rings. The van der Waals surface area contributed by atoms with E-state index in [1.165, 1.54) is 11.1 Å². The smallest absolute Gasteiger partial charge is 0.0706 e. The van der Waals surface area contributed by atoms with Gasteiger partial charge in [0.1, 0.15) is 0 Å². The van der Waals surface area contributed by atoms with Gasteiger partial charge >= 0.3 is 0 Å². The lowest BCUT2D eigenvalue weighted by molar-refractivity contribution is 0.150. The van der Waals surface area contributed by atoms with Gasteiger partial charge in [-0.2, -0.15) is 0 Å². The van der Waals surface area contributed by atoms with Crippen molar-refractivity contribution in [1.82, 2.24) is 5.32 Å². The molecule has 0 aromatic heterocycles. The first kappa shape index (κ1) is 11.2. The first-order valence-corrected chi connectivity index (χ1v) is 4.98. The normalized spacial score (nSPS) is 15.2. The lowest BCUT2D eigenvalue weighted by Crippen LogP contribution is -2.27. The first-order chi connectivity index (χ1) is 6.56. The van der Waals surface area contributed by atoms with E-state index in [-0.39, 0.29) is 12.1 Å². The topological polar surface area (TPSA) is 32.3 Å². The van der Waals surface area contributed by atoms with Crippen molar-refractivity contribution in [3.63, 3.8) is 0 Å². The fraction of sp³-hybridized carbons (Fsp3) is 0.500. The Morgan fingerprint density at radius 2 is 1.86 bits per heavy atom. The van der Waals surface area contributed by atoms with Crippen LogP contribution >= 0.6 is 0 Å². The number of hydrogen-bond donors (Lipinski definition) is 2. The molecule has 2 heteroatoms. The predicted molar refractivity (Wildman–Crippen MR) is 59.4 cm³/mol. The molecule has 0 fully saturated rings. The first-order valence-electron chi connectivity index (χ1n) is 4.98. The minimum atomic E-state index is -0.373. The minimum Gasteiger partial charge on any atom is -0.391 e. The number of hydrogen-bond acceptors (Lipinski definition) is 2. The summed E-state index contributed by atoms with van der Waals surface area (Å²) in [5, 5.41) is 12.7. The Balaban J connectivity index is 3.00. The number of rotatable bonds is 3. The molecule has 0 aliphatic carbocycles. The summed E-state index contributed by atoms with van der Waals surface area (Å²) >= 11 is 0. The molecule has 0 bridgehead atoms. The average molecular weight is 193 g/mol. The van der Waals surface area contributed by atoms with Crippen LogP contribution < -0.4 is 5.32 Å². The van der Waals surface area contributed by atoms with Crippen LogP contribution in [0.4, 0.5) is 0 Å². The van der Waals surface area contributed by atoms with Gasteiger partial charge < -0.3 is 10.4 Å². The second-order valence-corrected chi connectivity index (χ2v) is 3.85. The molecule has 0 amide bonds. The van der Waals surface area contributed by atoms with Crippen LogP contribution in [-0.2, 0) is 0 Å². The number of aliphatic hydroxyl groups is 1. The van der Waals surface area contributed by atoms with E-state index in [1.54, 1.807) is 6.92 Å². The van der Waals surface area contributed by atoms with Gasteiger partial charge in [0.25, 0.3) is 0 Å². The Morgan fingerprint density at radius 1 is 1.21 bits per heavy atom. The molecule has 0 saturated heterocycles. The third kappa shape index (κ3) is 2.34. The van der Waals surface area contributed by atoms with Gasteiger partial charge in [0, 0.05) is 0 Å². The number of aliphatic hydroxyl groups excluding tert-OH is 1. The highest BCUT2D eigenvalue weighted by Crippen LogP contribution is 2.19. The van der Waals surface area contributed by atoms with Crippen LogP contribution in [0.1, 0.15) is 29.7 Å². The quantitative estimate of drug-likeness (QED) is 0.769. The molecular formula is C12H19NO. The SMILES string of the molecule is CNC(c1ccc(C)c(C)c1)C(C)O. The summed E-state index contributed by atoms with van der Waals surface area (Å²) < 4.78 is 0. The van der Waals surface area contributed by atoms with Crippen molar-refractivity contribution >= 4 is 0 Å². The van der Waals surface area contributed by atoms with Gasteiger partial charge in [0.2, 0.25) is 0 Å². The lowest BCUT2D eigenvalue weighted by atomic mass is 9.98. The highest BCUT2D eigenvalue weighted by Gasteiger charge is 2.14. The Hall–Kier alpha value is -0.860. The van der Waals surface area contributed by atoms with Gasteiger partial charge in [-0.25, -0.2) is 0 Å². The monoisotopic (exact) mass is 193 g/mol. The number of benzene rings is 1. The molecule has 1 rings (SSSR count). The molecule has 14 heavy (non-hydrogen) atoms. The summed E-state index contributed by atoms with van der Waals surface area (Å²) in [5.41, 5.74) is 3.70. The molecule has 0 spiro atoms. The maximum absolute atomic E-state index is 9.56. The van der Waals surface area contributed by atoms with Crippen LogP contribution in [0.2, 0.25) is 0 Å². The van der Waals surface area contributed by atoms with Gasteiger partial charge in [0.15, 0.2) is 0 Å². The molecule has 2 atom stereocenters. The van der Waals surface area contributed by atoms with Crippen molar-refractivity contribution in [2.45, 2.75) is 32.9 Å². The molecule has 78 valence electrons. The van der Waals surface area contributed by atoms with E-state index in [0.717, 1.165) is 5.56 Å². The van der Waals surface area contributed by atoms with Gasteiger partial charge in [-0.05, 0) is 44.5 Å². The molecule has 2 nitrogen and oxygen atoms in total. The van der Waals surface area contributed by atoms with E-state index in [9.17, 15) is 5.11 Å². The van der Waals surface area contributed by atoms with Crippen LogP contribution in [-0.4, -0.2) is 18.3 Å². The molecule has 0 heterocycles. The molecule has 0 radical (unpaired) electrons. The summed E-state index contributed by atoms with van der Waals surface area (Å²) in [4.78, 5) is 0. The van der Waals surface area contributed by atoms with Crippen molar-refractivity contribution < 1.29 is 5.11 Å². The van der Waals surface area contributed by atoms with E-state index >= 15 is 0 Å².